The van der Waals surface area contributed by atoms with E-state index in [0.29, 0.717) is 18.9 Å². The maximum atomic E-state index is 10.2. The van der Waals surface area contributed by atoms with Gasteiger partial charge in [0.25, 0.3) is 0 Å². The highest BCUT2D eigenvalue weighted by molar-refractivity contribution is 5.75. The topological polar surface area (TPSA) is 93.9 Å². The molecular formula is C17H27N3O2. The number of aliphatic imine (C=N–C) groups is 1. The van der Waals surface area contributed by atoms with Gasteiger partial charge < -0.3 is 21.3 Å². The van der Waals surface area contributed by atoms with Crippen molar-refractivity contribution in [2.45, 2.75) is 44.6 Å². The van der Waals surface area contributed by atoms with Gasteiger partial charge in [-0.05, 0) is 42.9 Å². The summed E-state index contributed by atoms with van der Waals surface area (Å²) < 4.78 is 5.90. The van der Waals surface area contributed by atoms with Crippen molar-refractivity contribution in [2.24, 2.45) is 22.4 Å². The smallest absolute Gasteiger partial charge is 0.185 e. The van der Waals surface area contributed by atoms with E-state index >= 15 is 0 Å². The molecule has 1 atom stereocenters. The van der Waals surface area contributed by atoms with E-state index in [2.05, 4.69) is 4.99 Å². The first-order valence-corrected chi connectivity index (χ1v) is 8.11. The number of aliphatic hydroxyl groups is 1. The van der Waals surface area contributed by atoms with Gasteiger partial charge in [-0.3, -0.25) is 4.99 Å². The first-order valence-electron chi connectivity index (χ1n) is 8.11. The Balaban J connectivity index is 1.84. The van der Waals surface area contributed by atoms with Crippen molar-refractivity contribution < 1.29 is 9.84 Å². The summed E-state index contributed by atoms with van der Waals surface area (Å²) in [5.41, 5.74) is 11.4. The quantitative estimate of drug-likeness (QED) is 0.532. The van der Waals surface area contributed by atoms with Gasteiger partial charge in [0.05, 0.1) is 12.7 Å². The predicted molar refractivity (Wildman–Crippen MR) is 88.8 cm³/mol. The second-order valence-corrected chi connectivity index (χ2v) is 6.00. The minimum atomic E-state index is -0.582. The summed E-state index contributed by atoms with van der Waals surface area (Å²) in [6, 6.07) is 7.65. The molecule has 5 nitrogen and oxygen atoms in total. The summed E-state index contributed by atoms with van der Waals surface area (Å²) in [6.45, 7) is 1.18. The Morgan fingerprint density at radius 1 is 1.27 bits per heavy atom. The zero-order chi connectivity index (χ0) is 15.8. The van der Waals surface area contributed by atoms with Gasteiger partial charge in [0, 0.05) is 6.54 Å². The van der Waals surface area contributed by atoms with Crippen LogP contribution in [0.5, 0.6) is 5.75 Å². The Labute approximate surface area is 132 Å². The first kappa shape index (κ1) is 16.6. The number of hydrogen-bond donors (Lipinski definition) is 3. The molecule has 0 saturated heterocycles. The van der Waals surface area contributed by atoms with E-state index in [1.807, 2.05) is 24.3 Å². The Kier molecular flexibility index (Phi) is 6.52. The molecule has 22 heavy (non-hydrogen) atoms. The molecule has 5 heteroatoms. The molecule has 0 bridgehead atoms. The van der Waals surface area contributed by atoms with Gasteiger partial charge in [0.2, 0.25) is 0 Å². The van der Waals surface area contributed by atoms with Crippen molar-refractivity contribution in [3.63, 3.8) is 0 Å². The fraction of sp³-hybridized carbons (Fsp3) is 0.588. The maximum Gasteiger partial charge on any atom is 0.185 e. The molecule has 0 radical (unpaired) electrons. The number of nitrogens with zero attached hydrogens (tertiary/aromatic N) is 1. The molecule has 0 aliphatic heterocycles. The monoisotopic (exact) mass is 305 g/mol. The third-order valence-corrected chi connectivity index (χ3v) is 4.15. The van der Waals surface area contributed by atoms with Gasteiger partial charge in [-0.25, -0.2) is 0 Å². The summed E-state index contributed by atoms with van der Waals surface area (Å²) in [4.78, 5) is 3.89. The van der Waals surface area contributed by atoms with Gasteiger partial charge >= 0.3 is 0 Å². The third kappa shape index (κ3) is 5.56. The molecular weight excluding hydrogens is 278 g/mol. The van der Waals surface area contributed by atoms with E-state index in [4.69, 9.17) is 16.2 Å². The summed E-state index contributed by atoms with van der Waals surface area (Å²) in [5, 5.41) is 10.2. The number of benzene rings is 1. The average Bonchev–Trinajstić information content (AvgIpc) is 2.54. The zero-order valence-electron chi connectivity index (χ0n) is 13.1. The zero-order valence-corrected chi connectivity index (χ0v) is 13.1. The Morgan fingerprint density at radius 2 is 2.05 bits per heavy atom. The van der Waals surface area contributed by atoms with Gasteiger partial charge in [-0.2, -0.15) is 0 Å². The van der Waals surface area contributed by atoms with Crippen molar-refractivity contribution in [2.75, 3.05) is 13.2 Å². The molecule has 0 spiro atoms. The predicted octanol–water partition coefficient (Wildman–Crippen LogP) is 2.34. The number of nitrogens with two attached hydrogens (primary N) is 2. The molecule has 1 aromatic rings. The van der Waals surface area contributed by atoms with Crippen LogP contribution >= 0.6 is 0 Å². The normalized spacial score (nSPS) is 17.0. The molecule has 2 rings (SSSR count). The summed E-state index contributed by atoms with van der Waals surface area (Å²) in [6.07, 6.45) is 6.43. The summed E-state index contributed by atoms with van der Waals surface area (Å²) in [5.74, 6) is 1.55. The number of hydrogen-bond acceptors (Lipinski definition) is 3. The van der Waals surface area contributed by atoms with E-state index in [-0.39, 0.29) is 5.96 Å². The largest absolute Gasteiger partial charge is 0.493 e. The van der Waals surface area contributed by atoms with Gasteiger partial charge in [-0.15, -0.1) is 0 Å². The van der Waals surface area contributed by atoms with Crippen molar-refractivity contribution in [1.29, 1.82) is 0 Å². The lowest BCUT2D eigenvalue weighted by Gasteiger charge is -2.22. The fourth-order valence-corrected chi connectivity index (χ4v) is 2.86. The van der Waals surface area contributed by atoms with E-state index < -0.39 is 6.10 Å². The lowest BCUT2D eigenvalue weighted by Crippen LogP contribution is -2.23. The van der Waals surface area contributed by atoms with Crippen molar-refractivity contribution in [3.05, 3.63) is 29.8 Å². The van der Waals surface area contributed by atoms with Gasteiger partial charge in [-0.1, -0.05) is 31.4 Å². The van der Waals surface area contributed by atoms with Crippen LogP contribution in [0.25, 0.3) is 0 Å². The van der Waals surface area contributed by atoms with E-state index in [1.165, 1.54) is 32.1 Å². The molecule has 0 amide bonds. The number of ether oxygens (including phenoxy) is 1. The van der Waals surface area contributed by atoms with Crippen LogP contribution in [-0.4, -0.2) is 24.2 Å². The van der Waals surface area contributed by atoms with Crippen LogP contribution < -0.4 is 16.2 Å². The van der Waals surface area contributed by atoms with E-state index in [0.717, 1.165) is 17.9 Å². The molecule has 1 saturated carbocycles. The van der Waals surface area contributed by atoms with Gasteiger partial charge in [0.1, 0.15) is 5.75 Å². The highest BCUT2D eigenvalue weighted by Gasteiger charge is 2.14. The molecule has 5 N–H and O–H groups in total. The number of aliphatic hydroxyl groups excluding tert-OH is 1. The first-order chi connectivity index (χ1) is 10.6. The molecule has 122 valence electrons. The maximum absolute atomic E-state index is 10.2. The minimum absolute atomic E-state index is 0.0526. The van der Waals surface area contributed by atoms with Crippen molar-refractivity contribution >= 4 is 5.96 Å². The lowest BCUT2D eigenvalue weighted by atomic mass is 9.90. The van der Waals surface area contributed by atoms with Crippen LogP contribution in [0, 0.1) is 5.92 Å². The number of guanidine groups is 1. The molecule has 1 aliphatic rings. The van der Waals surface area contributed by atoms with Crippen LogP contribution in [-0.2, 0) is 0 Å². The molecule has 0 aromatic heterocycles. The fourth-order valence-electron chi connectivity index (χ4n) is 2.86. The number of rotatable bonds is 7. The van der Waals surface area contributed by atoms with Gasteiger partial charge in [0.15, 0.2) is 5.96 Å². The highest BCUT2D eigenvalue weighted by Crippen LogP contribution is 2.26. The summed E-state index contributed by atoms with van der Waals surface area (Å²) in [7, 11) is 0. The Hall–Kier alpha value is -1.75. The molecule has 1 aromatic carbocycles. The lowest BCUT2D eigenvalue weighted by molar-refractivity contribution is 0.169. The molecule has 1 unspecified atom stereocenters. The van der Waals surface area contributed by atoms with Crippen LogP contribution in [0.15, 0.2) is 29.3 Å². The third-order valence-electron chi connectivity index (χ3n) is 4.15. The van der Waals surface area contributed by atoms with Crippen molar-refractivity contribution in [1.82, 2.24) is 0 Å². The van der Waals surface area contributed by atoms with Crippen LogP contribution in [0.2, 0.25) is 0 Å². The van der Waals surface area contributed by atoms with Crippen LogP contribution in [0.3, 0.4) is 0 Å². The standard InChI is InChI=1S/C17H27N3O2/c18-17(19)20-10-9-16(21)14-7-4-8-15(11-14)22-12-13-5-2-1-3-6-13/h4,7-8,11,13,16,21H,1-3,5-6,9-10,12H2,(H4,18,19,20). The second-order valence-electron chi connectivity index (χ2n) is 6.00. The Morgan fingerprint density at radius 3 is 2.77 bits per heavy atom. The molecule has 1 aliphatic carbocycles. The highest BCUT2D eigenvalue weighted by atomic mass is 16.5. The summed E-state index contributed by atoms with van der Waals surface area (Å²) >= 11 is 0. The minimum Gasteiger partial charge on any atom is -0.493 e. The van der Waals surface area contributed by atoms with E-state index in [9.17, 15) is 5.11 Å². The van der Waals surface area contributed by atoms with Crippen LogP contribution in [0.1, 0.15) is 50.2 Å². The van der Waals surface area contributed by atoms with Crippen LogP contribution in [0.4, 0.5) is 0 Å². The SMILES string of the molecule is NC(N)=NCCC(O)c1cccc(OCC2CCCCC2)c1. The second kappa shape index (κ2) is 8.63. The molecule has 1 fully saturated rings. The molecule has 0 heterocycles. The average molecular weight is 305 g/mol. The van der Waals surface area contributed by atoms with E-state index in [1.54, 1.807) is 0 Å². The Bertz CT molecular complexity index is 481. The van der Waals surface area contributed by atoms with Crippen molar-refractivity contribution in [3.8, 4) is 5.75 Å².